The monoisotopic (exact) mass is 286 g/mol. The summed E-state index contributed by atoms with van der Waals surface area (Å²) in [5.41, 5.74) is 4.80. The van der Waals surface area contributed by atoms with E-state index in [2.05, 4.69) is 49.2 Å². The molecule has 1 aromatic carbocycles. The lowest BCUT2D eigenvalue weighted by molar-refractivity contribution is 0.292. The van der Waals surface area contributed by atoms with Gasteiger partial charge in [-0.15, -0.1) is 0 Å². The highest BCUT2D eigenvalue weighted by Gasteiger charge is 2.30. The molecule has 1 saturated carbocycles. The number of fused-ring (bicyclic) bond motifs is 1. The molecule has 1 fully saturated rings. The summed E-state index contributed by atoms with van der Waals surface area (Å²) in [5.74, 6) is 0. The van der Waals surface area contributed by atoms with Gasteiger partial charge in [0.25, 0.3) is 0 Å². The first kappa shape index (κ1) is 14.9. The van der Waals surface area contributed by atoms with Crippen molar-refractivity contribution in [1.82, 2.24) is 5.32 Å². The van der Waals surface area contributed by atoms with Crippen LogP contribution in [0.15, 0.2) is 18.2 Å². The van der Waals surface area contributed by atoms with Crippen molar-refractivity contribution in [3.8, 4) is 0 Å². The maximum atomic E-state index is 3.74. The van der Waals surface area contributed by atoms with Crippen LogP contribution in [0.1, 0.15) is 50.7 Å². The number of nitrogens with zero attached hydrogens (tertiary/aromatic N) is 1. The van der Waals surface area contributed by atoms with Crippen LogP contribution < -0.4 is 10.2 Å². The Kier molecular flexibility index (Phi) is 4.26. The number of hydrogen-bond donors (Lipinski definition) is 1. The van der Waals surface area contributed by atoms with E-state index in [1.165, 1.54) is 56.4 Å². The van der Waals surface area contributed by atoms with Crippen LogP contribution in [0.5, 0.6) is 0 Å². The number of benzene rings is 1. The summed E-state index contributed by atoms with van der Waals surface area (Å²) in [6.07, 6.45) is 6.55. The fourth-order valence-electron chi connectivity index (χ4n) is 3.40. The van der Waals surface area contributed by atoms with Gasteiger partial charge in [0.05, 0.1) is 0 Å². The van der Waals surface area contributed by atoms with Crippen LogP contribution in [-0.4, -0.2) is 25.7 Å². The molecule has 21 heavy (non-hydrogen) atoms. The molecule has 2 nitrogen and oxygen atoms in total. The zero-order valence-corrected chi connectivity index (χ0v) is 13.9. The van der Waals surface area contributed by atoms with Gasteiger partial charge >= 0.3 is 0 Å². The summed E-state index contributed by atoms with van der Waals surface area (Å²) in [7, 11) is 0. The average Bonchev–Trinajstić information content (AvgIpc) is 3.29. The predicted molar refractivity (Wildman–Crippen MR) is 91.1 cm³/mol. The first-order valence-corrected chi connectivity index (χ1v) is 8.67. The van der Waals surface area contributed by atoms with Crippen LogP contribution in [0.2, 0.25) is 0 Å². The fraction of sp³-hybridized carbons (Fsp3) is 0.684. The van der Waals surface area contributed by atoms with Gasteiger partial charge < -0.3 is 10.2 Å². The lowest BCUT2D eigenvalue weighted by Crippen LogP contribution is -2.44. The SMILES string of the molecule is CCC(C)(CNC1CC1)CN1CCCc2cc(C)ccc21. The molecular weight excluding hydrogens is 256 g/mol. The zero-order valence-electron chi connectivity index (χ0n) is 13.9. The topological polar surface area (TPSA) is 15.3 Å². The molecule has 116 valence electrons. The lowest BCUT2D eigenvalue weighted by atomic mass is 9.85. The standard InChI is InChI=1S/C19H30N2/c1-4-19(3,13-20-17-8-9-17)14-21-11-5-6-16-12-15(2)7-10-18(16)21/h7,10,12,17,20H,4-6,8-9,11,13-14H2,1-3H3. The number of anilines is 1. The quantitative estimate of drug-likeness (QED) is 0.853. The molecule has 0 bridgehead atoms. The molecular formula is C19H30N2. The average molecular weight is 286 g/mol. The normalized spacial score (nSPS) is 21.0. The Morgan fingerprint density at radius 2 is 2.14 bits per heavy atom. The Morgan fingerprint density at radius 3 is 2.86 bits per heavy atom. The Bertz CT molecular complexity index is 492. The van der Waals surface area contributed by atoms with E-state index in [0.29, 0.717) is 5.41 Å². The molecule has 1 aliphatic carbocycles. The van der Waals surface area contributed by atoms with Crippen molar-refractivity contribution in [3.63, 3.8) is 0 Å². The fourth-order valence-corrected chi connectivity index (χ4v) is 3.40. The summed E-state index contributed by atoms with van der Waals surface area (Å²) in [6, 6.07) is 7.80. The lowest BCUT2D eigenvalue weighted by Gasteiger charge is -2.39. The molecule has 1 unspecified atom stereocenters. The first-order chi connectivity index (χ1) is 10.1. The van der Waals surface area contributed by atoms with E-state index >= 15 is 0 Å². The number of aryl methyl sites for hydroxylation is 2. The first-order valence-electron chi connectivity index (χ1n) is 8.67. The third kappa shape index (κ3) is 3.60. The van der Waals surface area contributed by atoms with Crippen molar-refractivity contribution < 1.29 is 0 Å². The van der Waals surface area contributed by atoms with E-state index in [1.54, 1.807) is 5.56 Å². The van der Waals surface area contributed by atoms with E-state index in [4.69, 9.17) is 0 Å². The minimum atomic E-state index is 0.377. The maximum absolute atomic E-state index is 3.74. The third-order valence-corrected chi connectivity index (χ3v) is 5.27. The molecule has 0 radical (unpaired) electrons. The second kappa shape index (κ2) is 6.00. The van der Waals surface area contributed by atoms with Crippen molar-refractivity contribution >= 4 is 5.69 Å². The third-order valence-electron chi connectivity index (χ3n) is 5.27. The zero-order chi connectivity index (χ0) is 14.9. The maximum Gasteiger partial charge on any atom is 0.0399 e. The van der Waals surface area contributed by atoms with E-state index in [0.717, 1.165) is 12.6 Å². The molecule has 2 heteroatoms. The number of nitrogens with one attached hydrogen (secondary N) is 1. The van der Waals surface area contributed by atoms with Gasteiger partial charge in [-0.2, -0.15) is 0 Å². The highest BCUT2D eigenvalue weighted by Crippen LogP contribution is 2.32. The van der Waals surface area contributed by atoms with Gasteiger partial charge in [0.1, 0.15) is 0 Å². The predicted octanol–water partition coefficient (Wildman–Crippen LogP) is 3.92. The van der Waals surface area contributed by atoms with Gasteiger partial charge in [-0.25, -0.2) is 0 Å². The second-order valence-corrected chi connectivity index (χ2v) is 7.48. The molecule has 0 saturated heterocycles. The Hall–Kier alpha value is -1.02. The smallest absolute Gasteiger partial charge is 0.0399 e. The van der Waals surface area contributed by atoms with Gasteiger partial charge in [0, 0.05) is 31.4 Å². The minimum absolute atomic E-state index is 0.377. The number of hydrogen-bond acceptors (Lipinski definition) is 2. The van der Waals surface area contributed by atoms with Gasteiger partial charge in [-0.1, -0.05) is 31.5 Å². The van der Waals surface area contributed by atoms with Crippen LogP contribution in [0.3, 0.4) is 0 Å². The minimum Gasteiger partial charge on any atom is -0.371 e. The molecule has 0 aromatic heterocycles. The summed E-state index contributed by atoms with van der Waals surface area (Å²) in [5, 5.41) is 3.74. The Morgan fingerprint density at radius 1 is 1.33 bits per heavy atom. The largest absolute Gasteiger partial charge is 0.371 e. The summed E-state index contributed by atoms with van der Waals surface area (Å²) < 4.78 is 0. The van der Waals surface area contributed by atoms with Gasteiger partial charge in [0.2, 0.25) is 0 Å². The molecule has 2 aliphatic rings. The second-order valence-electron chi connectivity index (χ2n) is 7.48. The van der Waals surface area contributed by atoms with Crippen molar-refractivity contribution in [2.24, 2.45) is 5.41 Å². The van der Waals surface area contributed by atoms with E-state index in [9.17, 15) is 0 Å². The molecule has 3 rings (SSSR count). The molecule has 1 heterocycles. The van der Waals surface area contributed by atoms with E-state index in [-0.39, 0.29) is 0 Å². The van der Waals surface area contributed by atoms with Crippen molar-refractivity contribution in [1.29, 1.82) is 0 Å². The van der Waals surface area contributed by atoms with Crippen LogP contribution in [0, 0.1) is 12.3 Å². The van der Waals surface area contributed by atoms with E-state index < -0.39 is 0 Å². The number of rotatable bonds is 6. The molecule has 1 N–H and O–H groups in total. The molecule has 0 amide bonds. The molecule has 0 spiro atoms. The Balaban J connectivity index is 1.71. The van der Waals surface area contributed by atoms with Crippen molar-refractivity contribution in [2.75, 3.05) is 24.5 Å². The van der Waals surface area contributed by atoms with Crippen LogP contribution >= 0.6 is 0 Å². The van der Waals surface area contributed by atoms with Crippen molar-refractivity contribution in [3.05, 3.63) is 29.3 Å². The van der Waals surface area contributed by atoms with Crippen LogP contribution in [0.25, 0.3) is 0 Å². The van der Waals surface area contributed by atoms with Gasteiger partial charge in [-0.3, -0.25) is 0 Å². The van der Waals surface area contributed by atoms with Crippen molar-refractivity contribution in [2.45, 2.75) is 58.9 Å². The highest BCUT2D eigenvalue weighted by atomic mass is 15.1. The summed E-state index contributed by atoms with van der Waals surface area (Å²) >= 11 is 0. The van der Waals surface area contributed by atoms with E-state index in [1.807, 2.05) is 0 Å². The van der Waals surface area contributed by atoms with Crippen LogP contribution in [0.4, 0.5) is 5.69 Å². The molecule has 1 aliphatic heterocycles. The summed E-state index contributed by atoms with van der Waals surface area (Å²) in [6.45, 7) is 10.6. The Labute approximate surface area is 129 Å². The van der Waals surface area contributed by atoms with Gasteiger partial charge in [-0.05, 0) is 56.1 Å². The highest BCUT2D eigenvalue weighted by molar-refractivity contribution is 5.56. The molecule has 1 aromatic rings. The molecule has 1 atom stereocenters. The summed E-state index contributed by atoms with van der Waals surface area (Å²) in [4.78, 5) is 2.64. The van der Waals surface area contributed by atoms with Crippen LogP contribution in [-0.2, 0) is 6.42 Å². The van der Waals surface area contributed by atoms with Gasteiger partial charge in [0.15, 0.2) is 0 Å².